The van der Waals surface area contributed by atoms with Crippen molar-refractivity contribution in [2.75, 3.05) is 18.5 Å². The van der Waals surface area contributed by atoms with Crippen LogP contribution in [0.5, 0.6) is 0 Å². The number of nitriles is 1. The van der Waals surface area contributed by atoms with Gasteiger partial charge in [-0.25, -0.2) is 9.97 Å². The summed E-state index contributed by atoms with van der Waals surface area (Å²) in [6.45, 7) is 1.45. The molecule has 6 heteroatoms. The van der Waals surface area contributed by atoms with Crippen molar-refractivity contribution in [2.24, 2.45) is 0 Å². The summed E-state index contributed by atoms with van der Waals surface area (Å²) in [6, 6.07) is 2.39. The zero-order chi connectivity index (χ0) is 11.7. The lowest BCUT2D eigenvalue weighted by molar-refractivity contribution is 0.195. The standard InChI is InChI=1S/C11H11N5O/c12-3-7-4-13-10-9(7)11(15-6-14-10)16-8-1-2-17-5-8/h4,6,8H,1-2,5H2,(H2,13,14,15,16). The second-order valence-electron chi connectivity index (χ2n) is 3.96. The van der Waals surface area contributed by atoms with Crippen LogP contribution < -0.4 is 5.32 Å². The molecule has 17 heavy (non-hydrogen) atoms. The molecular weight excluding hydrogens is 218 g/mol. The molecule has 1 fully saturated rings. The largest absolute Gasteiger partial charge is 0.379 e. The van der Waals surface area contributed by atoms with E-state index in [0.29, 0.717) is 23.6 Å². The fourth-order valence-corrected chi connectivity index (χ4v) is 2.00. The van der Waals surface area contributed by atoms with E-state index in [1.165, 1.54) is 6.33 Å². The Labute approximate surface area is 97.6 Å². The SMILES string of the molecule is N#Cc1c[nH]c2ncnc(NC3CCOC3)c12. The van der Waals surface area contributed by atoms with Gasteiger partial charge in [0, 0.05) is 12.8 Å². The summed E-state index contributed by atoms with van der Waals surface area (Å²) < 4.78 is 5.30. The molecule has 0 aromatic carbocycles. The van der Waals surface area contributed by atoms with E-state index in [9.17, 15) is 0 Å². The van der Waals surface area contributed by atoms with E-state index < -0.39 is 0 Å². The van der Waals surface area contributed by atoms with E-state index in [-0.39, 0.29) is 6.04 Å². The highest BCUT2D eigenvalue weighted by atomic mass is 16.5. The van der Waals surface area contributed by atoms with Gasteiger partial charge in [0.1, 0.15) is 23.9 Å². The minimum absolute atomic E-state index is 0.259. The third-order valence-electron chi connectivity index (χ3n) is 2.86. The minimum atomic E-state index is 0.259. The average Bonchev–Trinajstić information content (AvgIpc) is 2.97. The van der Waals surface area contributed by atoms with Gasteiger partial charge in [0.05, 0.1) is 23.6 Å². The Kier molecular flexibility index (Phi) is 2.38. The number of hydrogen-bond donors (Lipinski definition) is 2. The molecule has 2 aromatic rings. The van der Waals surface area contributed by atoms with Crippen molar-refractivity contribution >= 4 is 16.9 Å². The molecule has 1 aliphatic rings. The molecule has 6 nitrogen and oxygen atoms in total. The first-order valence-corrected chi connectivity index (χ1v) is 5.45. The lowest BCUT2D eigenvalue weighted by atomic mass is 10.2. The number of aromatic nitrogens is 3. The van der Waals surface area contributed by atoms with Crippen molar-refractivity contribution in [3.05, 3.63) is 18.1 Å². The Bertz CT molecular complexity index is 579. The van der Waals surface area contributed by atoms with Crippen molar-refractivity contribution in [3.63, 3.8) is 0 Å². The topological polar surface area (TPSA) is 86.6 Å². The van der Waals surface area contributed by atoms with Crippen molar-refractivity contribution in [3.8, 4) is 6.07 Å². The third-order valence-corrected chi connectivity index (χ3v) is 2.86. The minimum Gasteiger partial charge on any atom is -0.379 e. The van der Waals surface area contributed by atoms with Gasteiger partial charge in [-0.1, -0.05) is 0 Å². The molecule has 0 bridgehead atoms. The second kappa shape index (κ2) is 4.03. The molecule has 3 rings (SSSR count). The molecule has 0 spiro atoms. The second-order valence-corrected chi connectivity index (χ2v) is 3.96. The summed E-state index contributed by atoms with van der Waals surface area (Å²) in [4.78, 5) is 11.3. The molecule has 1 aliphatic heterocycles. The highest BCUT2D eigenvalue weighted by Gasteiger charge is 2.18. The lowest BCUT2D eigenvalue weighted by Gasteiger charge is -2.11. The van der Waals surface area contributed by atoms with Crippen LogP contribution in [0.25, 0.3) is 11.0 Å². The maximum atomic E-state index is 9.03. The van der Waals surface area contributed by atoms with Gasteiger partial charge in [-0.3, -0.25) is 0 Å². The zero-order valence-corrected chi connectivity index (χ0v) is 9.10. The van der Waals surface area contributed by atoms with Gasteiger partial charge in [-0.15, -0.1) is 0 Å². The number of H-pyrrole nitrogens is 1. The average molecular weight is 229 g/mol. The Balaban J connectivity index is 2.02. The molecule has 3 heterocycles. The van der Waals surface area contributed by atoms with Crippen molar-refractivity contribution in [2.45, 2.75) is 12.5 Å². The van der Waals surface area contributed by atoms with E-state index in [1.807, 2.05) is 0 Å². The lowest BCUT2D eigenvalue weighted by Crippen LogP contribution is -2.19. The van der Waals surface area contributed by atoms with E-state index in [4.69, 9.17) is 10.00 Å². The van der Waals surface area contributed by atoms with E-state index in [1.54, 1.807) is 6.20 Å². The molecule has 0 saturated carbocycles. The summed E-state index contributed by atoms with van der Waals surface area (Å²) in [5.41, 5.74) is 1.24. The molecule has 2 aromatic heterocycles. The van der Waals surface area contributed by atoms with Crippen LogP contribution in [0.4, 0.5) is 5.82 Å². The normalized spacial score (nSPS) is 19.4. The van der Waals surface area contributed by atoms with Crippen molar-refractivity contribution in [1.82, 2.24) is 15.0 Å². The van der Waals surface area contributed by atoms with E-state index in [2.05, 4.69) is 26.3 Å². The number of anilines is 1. The van der Waals surface area contributed by atoms with Gasteiger partial charge in [0.25, 0.3) is 0 Å². The fourth-order valence-electron chi connectivity index (χ4n) is 2.00. The van der Waals surface area contributed by atoms with Crippen LogP contribution in [0.2, 0.25) is 0 Å². The Morgan fingerprint density at radius 2 is 2.47 bits per heavy atom. The molecule has 1 saturated heterocycles. The van der Waals surface area contributed by atoms with Gasteiger partial charge in [-0.05, 0) is 6.42 Å². The van der Waals surface area contributed by atoms with E-state index in [0.717, 1.165) is 18.4 Å². The number of fused-ring (bicyclic) bond motifs is 1. The first-order valence-electron chi connectivity index (χ1n) is 5.45. The quantitative estimate of drug-likeness (QED) is 0.803. The maximum absolute atomic E-state index is 9.03. The van der Waals surface area contributed by atoms with Crippen LogP contribution in [0, 0.1) is 11.3 Å². The third kappa shape index (κ3) is 1.70. The molecular formula is C11H11N5O. The summed E-state index contributed by atoms with van der Waals surface area (Å²) in [6.07, 6.45) is 4.09. The highest BCUT2D eigenvalue weighted by Crippen LogP contribution is 2.24. The number of hydrogen-bond acceptors (Lipinski definition) is 5. The number of ether oxygens (including phenoxy) is 1. The zero-order valence-electron chi connectivity index (χ0n) is 9.10. The number of nitrogens with one attached hydrogen (secondary N) is 2. The first-order chi connectivity index (χ1) is 8.38. The monoisotopic (exact) mass is 229 g/mol. The fraction of sp³-hybridized carbons (Fsp3) is 0.364. The summed E-state index contributed by atoms with van der Waals surface area (Å²) in [5.74, 6) is 0.698. The summed E-state index contributed by atoms with van der Waals surface area (Å²) >= 11 is 0. The van der Waals surface area contributed by atoms with Crippen LogP contribution >= 0.6 is 0 Å². The van der Waals surface area contributed by atoms with Crippen LogP contribution in [0.3, 0.4) is 0 Å². The molecule has 0 amide bonds. The van der Waals surface area contributed by atoms with Crippen molar-refractivity contribution < 1.29 is 4.74 Å². The molecule has 0 aliphatic carbocycles. The van der Waals surface area contributed by atoms with Gasteiger partial charge >= 0.3 is 0 Å². The maximum Gasteiger partial charge on any atom is 0.144 e. The number of rotatable bonds is 2. The van der Waals surface area contributed by atoms with Gasteiger partial charge < -0.3 is 15.0 Å². The Hall–Kier alpha value is -2.13. The molecule has 1 unspecified atom stereocenters. The molecule has 86 valence electrons. The highest BCUT2D eigenvalue weighted by molar-refractivity contribution is 5.92. The predicted molar refractivity (Wildman–Crippen MR) is 61.5 cm³/mol. The summed E-state index contributed by atoms with van der Waals surface area (Å²) in [7, 11) is 0. The molecule has 0 radical (unpaired) electrons. The number of nitrogens with zero attached hydrogens (tertiary/aromatic N) is 3. The van der Waals surface area contributed by atoms with Crippen LogP contribution in [0.15, 0.2) is 12.5 Å². The summed E-state index contributed by atoms with van der Waals surface area (Å²) in [5, 5.41) is 13.1. The van der Waals surface area contributed by atoms with Crippen LogP contribution in [-0.2, 0) is 4.74 Å². The Morgan fingerprint density at radius 1 is 1.53 bits per heavy atom. The first kappa shape index (κ1) is 10.1. The van der Waals surface area contributed by atoms with Crippen LogP contribution in [-0.4, -0.2) is 34.2 Å². The van der Waals surface area contributed by atoms with Crippen LogP contribution in [0.1, 0.15) is 12.0 Å². The molecule has 1 atom stereocenters. The van der Waals surface area contributed by atoms with Gasteiger partial charge in [-0.2, -0.15) is 5.26 Å². The predicted octanol–water partition coefficient (Wildman–Crippen LogP) is 1.03. The Morgan fingerprint density at radius 3 is 3.24 bits per heavy atom. The molecule has 2 N–H and O–H groups in total. The van der Waals surface area contributed by atoms with E-state index >= 15 is 0 Å². The van der Waals surface area contributed by atoms with Gasteiger partial charge in [0.15, 0.2) is 0 Å². The number of aromatic amines is 1. The van der Waals surface area contributed by atoms with Gasteiger partial charge in [0.2, 0.25) is 0 Å². The smallest absolute Gasteiger partial charge is 0.144 e. The van der Waals surface area contributed by atoms with Crippen molar-refractivity contribution in [1.29, 1.82) is 5.26 Å².